The van der Waals surface area contributed by atoms with Gasteiger partial charge in [-0.05, 0) is 50.2 Å². The molecule has 2 N–H and O–H groups in total. The number of carbonyl (C=O) groups is 1. The molecule has 130 valence electrons. The number of benzene rings is 1. The first-order valence-electron chi connectivity index (χ1n) is 7.91. The van der Waals surface area contributed by atoms with Gasteiger partial charge in [0.05, 0.1) is 19.2 Å². The molecule has 1 amide bonds. The van der Waals surface area contributed by atoms with Crippen LogP contribution in [0.1, 0.15) is 28.9 Å². The molecule has 3 aromatic rings. The van der Waals surface area contributed by atoms with E-state index in [0.717, 1.165) is 11.1 Å². The third-order valence-electron chi connectivity index (χ3n) is 3.99. The van der Waals surface area contributed by atoms with Crippen molar-refractivity contribution in [2.75, 3.05) is 13.7 Å². The zero-order valence-corrected chi connectivity index (χ0v) is 14.4. The van der Waals surface area contributed by atoms with Crippen LogP contribution in [0.4, 0.5) is 0 Å². The molecule has 2 aromatic heterocycles. The van der Waals surface area contributed by atoms with Crippen molar-refractivity contribution in [2.24, 2.45) is 0 Å². The lowest BCUT2D eigenvalue weighted by Crippen LogP contribution is -2.38. The zero-order valence-electron chi connectivity index (χ0n) is 14.4. The first-order chi connectivity index (χ1) is 11.9. The smallest absolute Gasteiger partial charge is 0.270 e. The van der Waals surface area contributed by atoms with Crippen molar-refractivity contribution in [3.8, 4) is 5.75 Å². The number of aromatic nitrogens is 1. The summed E-state index contributed by atoms with van der Waals surface area (Å²) in [7, 11) is 1.60. The number of hydrogen-bond donors (Lipinski definition) is 2. The number of ether oxygens (including phenoxy) is 1. The number of amides is 1. The number of rotatable bonds is 5. The van der Waals surface area contributed by atoms with Crippen molar-refractivity contribution in [1.29, 1.82) is 0 Å². The van der Waals surface area contributed by atoms with Crippen LogP contribution in [0.2, 0.25) is 0 Å². The molecule has 25 heavy (non-hydrogen) atoms. The van der Waals surface area contributed by atoms with Crippen molar-refractivity contribution < 1.29 is 19.1 Å². The highest BCUT2D eigenvalue weighted by atomic mass is 16.5. The van der Waals surface area contributed by atoms with Crippen LogP contribution in [-0.4, -0.2) is 29.7 Å². The summed E-state index contributed by atoms with van der Waals surface area (Å²) in [5, 5.41) is 14.1. The Morgan fingerprint density at radius 2 is 2.08 bits per heavy atom. The fourth-order valence-corrected chi connectivity index (χ4v) is 2.51. The summed E-state index contributed by atoms with van der Waals surface area (Å²) in [6, 6.07) is 12.4. The number of furan rings is 1. The van der Waals surface area contributed by atoms with Gasteiger partial charge in [0.25, 0.3) is 5.91 Å². The molecule has 1 unspecified atom stereocenters. The number of methoxy groups -OCH3 is 1. The van der Waals surface area contributed by atoms with Crippen LogP contribution in [-0.2, 0) is 5.60 Å². The summed E-state index contributed by atoms with van der Waals surface area (Å²) in [6.45, 7) is 3.40. The predicted molar refractivity (Wildman–Crippen MR) is 93.6 cm³/mol. The van der Waals surface area contributed by atoms with Gasteiger partial charge in [-0.15, -0.1) is 0 Å². The summed E-state index contributed by atoms with van der Waals surface area (Å²) in [5.41, 5.74) is -0.320. The number of hydrogen-bond acceptors (Lipinski definition) is 5. The van der Waals surface area contributed by atoms with E-state index in [1.165, 1.54) is 0 Å². The van der Waals surface area contributed by atoms with Crippen LogP contribution in [0, 0.1) is 6.92 Å². The summed E-state index contributed by atoms with van der Waals surface area (Å²) in [4.78, 5) is 16.7. The molecule has 0 aliphatic carbocycles. The van der Waals surface area contributed by atoms with Crippen LogP contribution in [0.25, 0.3) is 10.9 Å². The minimum absolute atomic E-state index is 0.0150. The number of carbonyl (C=O) groups excluding carboxylic acids is 1. The second-order valence-electron chi connectivity index (χ2n) is 6.12. The standard InChI is InChI=1S/C19H20N2O4/c1-12-4-9-17(25-12)19(2,23)11-20-18(22)16-7-5-13-10-14(24-3)6-8-15(13)21-16/h4-10,23H,11H2,1-3H3,(H,20,22). The Labute approximate surface area is 145 Å². The third-order valence-corrected chi connectivity index (χ3v) is 3.99. The molecule has 3 rings (SSSR count). The Balaban J connectivity index is 1.73. The lowest BCUT2D eigenvalue weighted by molar-refractivity contribution is 0.0322. The molecular weight excluding hydrogens is 320 g/mol. The van der Waals surface area contributed by atoms with E-state index < -0.39 is 5.60 Å². The summed E-state index contributed by atoms with van der Waals surface area (Å²) in [5.74, 6) is 1.48. The maximum absolute atomic E-state index is 12.4. The van der Waals surface area contributed by atoms with Crippen molar-refractivity contribution >= 4 is 16.8 Å². The Kier molecular flexibility index (Phi) is 4.46. The Hall–Kier alpha value is -2.86. The van der Waals surface area contributed by atoms with Gasteiger partial charge in [-0.1, -0.05) is 6.07 Å². The summed E-state index contributed by atoms with van der Waals surface area (Å²) >= 11 is 0. The van der Waals surface area contributed by atoms with E-state index in [-0.39, 0.29) is 18.1 Å². The van der Waals surface area contributed by atoms with Gasteiger partial charge in [-0.2, -0.15) is 0 Å². The molecule has 0 saturated carbocycles. The maximum atomic E-state index is 12.4. The van der Waals surface area contributed by atoms with E-state index >= 15 is 0 Å². The number of nitrogens with zero attached hydrogens (tertiary/aromatic N) is 1. The summed E-state index contributed by atoms with van der Waals surface area (Å²) in [6.07, 6.45) is 0. The van der Waals surface area contributed by atoms with Crippen LogP contribution < -0.4 is 10.1 Å². The molecule has 6 heteroatoms. The molecular formula is C19H20N2O4. The molecule has 1 atom stereocenters. The van der Waals surface area contributed by atoms with Crippen molar-refractivity contribution in [2.45, 2.75) is 19.4 Å². The fourth-order valence-electron chi connectivity index (χ4n) is 2.51. The Bertz CT molecular complexity index is 915. The predicted octanol–water partition coefficient (Wildman–Crippen LogP) is 2.78. The Morgan fingerprint density at radius 3 is 2.76 bits per heavy atom. The van der Waals surface area contributed by atoms with Gasteiger partial charge in [-0.3, -0.25) is 4.79 Å². The second kappa shape index (κ2) is 6.57. The van der Waals surface area contributed by atoms with E-state index in [2.05, 4.69) is 10.3 Å². The van der Waals surface area contributed by atoms with Gasteiger partial charge in [0, 0.05) is 5.39 Å². The van der Waals surface area contributed by atoms with E-state index in [0.29, 0.717) is 17.0 Å². The number of fused-ring (bicyclic) bond motifs is 1. The monoisotopic (exact) mass is 340 g/mol. The first kappa shape index (κ1) is 17.0. The van der Waals surface area contributed by atoms with Crippen LogP contribution >= 0.6 is 0 Å². The van der Waals surface area contributed by atoms with E-state index in [9.17, 15) is 9.90 Å². The van der Waals surface area contributed by atoms with Crippen molar-refractivity contribution in [3.63, 3.8) is 0 Å². The topological polar surface area (TPSA) is 84.6 Å². The van der Waals surface area contributed by atoms with Gasteiger partial charge in [0.1, 0.15) is 28.6 Å². The largest absolute Gasteiger partial charge is 0.497 e. The lowest BCUT2D eigenvalue weighted by Gasteiger charge is -2.21. The first-order valence-corrected chi connectivity index (χ1v) is 7.91. The van der Waals surface area contributed by atoms with E-state index in [4.69, 9.17) is 9.15 Å². The SMILES string of the molecule is COc1ccc2nc(C(=O)NCC(C)(O)c3ccc(C)o3)ccc2c1. The highest BCUT2D eigenvalue weighted by molar-refractivity contribution is 5.95. The quantitative estimate of drug-likeness (QED) is 0.746. The minimum atomic E-state index is -1.30. The van der Waals surface area contributed by atoms with Gasteiger partial charge < -0.3 is 19.6 Å². The highest BCUT2D eigenvalue weighted by Crippen LogP contribution is 2.22. The molecule has 0 bridgehead atoms. The molecule has 0 radical (unpaired) electrons. The van der Waals surface area contributed by atoms with Gasteiger partial charge >= 0.3 is 0 Å². The molecule has 6 nitrogen and oxygen atoms in total. The lowest BCUT2D eigenvalue weighted by atomic mass is 10.0. The number of aliphatic hydroxyl groups is 1. The van der Waals surface area contributed by atoms with Gasteiger partial charge in [-0.25, -0.2) is 4.98 Å². The van der Waals surface area contributed by atoms with Crippen molar-refractivity contribution in [1.82, 2.24) is 10.3 Å². The fraction of sp³-hybridized carbons (Fsp3) is 0.263. The molecule has 2 heterocycles. The van der Waals surface area contributed by atoms with Crippen LogP contribution in [0.3, 0.4) is 0 Å². The maximum Gasteiger partial charge on any atom is 0.270 e. The van der Waals surface area contributed by atoms with E-state index in [1.54, 1.807) is 51.3 Å². The zero-order chi connectivity index (χ0) is 18.0. The summed E-state index contributed by atoms with van der Waals surface area (Å²) < 4.78 is 10.6. The molecule has 0 saturated heterocycles. The molecule has 1 aromatic carbocycles. The average Bonchev–Trinajstić information content (AvgIpc) is 3.06. The average molecular weight is 340 g/mol. The van der Waals surface area contributed by atoms with Gasteiger partial charge in [0.15, 0.2) is 0 Å². The van der Waals surface area contributed by atoms with E-state index in [1.807, 2.05) is 12.1 Å². The molecule has 0 fully saturated rings. The number of pyridine rings is 1. The molecule has 0 aliphatic rings. The normalized spacial score (nSPS) is 13.4. The molecule has 0 spiro atoms. The van der Waals surface area contributed by atoms with Gasteiger partial charge in [0.2, 0.25) is 0 Å². The van der Waals surface area contributed by atoms with Crippen LogP contribution in [0.15, 0.2) is 46.9 Å². The van der Waals surface area contributed by atoms with Crippen LogP contribution in [0.5, 0.6) is 5.75 Å². The third kappa shape index (κ3) is 3.64. The number of nitrogens with one attached hydrogen (secondary N) is 1. The second-order valence-corrected chi connectivity index (χ2v) is 6.12. The number of aryl methyl sites for hydroxylation is 1. The minimum Gasteiger partial charge on any atom is -0.497 e. The molecule has 0 aliphatic heterocycles. The Morgan fingerprint density at radius 1 is 1.28 bits per heavy atom. The van der Waals surface area contributed by atoms with Crippen molar-refractivity contribution in [3.05, 3.63) is 59.7 Å². The highest BCUT2D eigenvalue weighted by Gasteiger charge is 2.27.